The third kappa shape index (κ3) is 5.19. The predicted molar refractivity (Wildman–Crippen MR) is 76.5 cm³/mol. The van der Waals surface area contributed by atoms with E-state index in [1.807, 2.05) is 38.1 Å². The zero-order valence-electron chi connectivity index (χ0n) is 11.8. The smallest absolute Gasteiger partial charge is 0.119 e. The van der Waals surface area contributed by atoms with Crippen LogP contribution in [0.4, 0.5) is 0 Å². The van der Waals surface area contributed by atoms with Gasteiger partial charge in [-0.25, -0.2) is 0 Å². The summed E-state index contributed by atoms with van der Waals surface area (Å²) in [5, 5.41) is 10.2. The van der Waals surface area contributed by atoms with Crippen molar-refractivity contribution in [1.82, 2.24) is 0 Å². The summed E-state index contributed by atoms with van der Waals surface area (Å²) in [7, 11) is 0. The summed E-state index contributed by atoms with van der Waals surface area (Å²) in [6.07, 6.45) is 0.123. The topological polar surface area (TPSA) is 64.7 Å². The van der Waals surface area contributed by atoms with E-state index in [9.17, 15) is 5.11 Å². The summed E-state index contributed by atoms with van der Waals surface area (Å²) >= 11 is 0. The Morgan fingerprint density at radius 2 is 1.84 bits per heavy atom. The summed E-state index contributed by atoms with van der Waals surface area (Å²) < 4.78 is 10.7. The number of benzene rings is 1. The Bertz CT molecular complexity index is 340. The lowest BCUT2D eigenvalue weighted by Crippen LogP contribution is -2.27. The van der Waals surface area contributed by atoms with Crippen LogP contribution in [0.2, 0.25) is 0 Å². The Hall–Kier alpha value is -1.10. The van der Waals surface area contributed by atoms with Crippen molar-refractivity contribution in [2.75, 3.05) is 26.4 Å². The van der Waals surface area contributed by atoms with Gasteiger partial charge in [-0.3, -0.25) is 0 Å². The largest absolute Gasteiger partial charge is 0.494 e. The first-order chi connectivity index (χ1) is 9.22. The standard InChI is InChI=1S/C15H25NO3/c1-3-18-10-9-15(17)14(11-16)12-5-7-13(8-6-12)19-4-2/h5-8,14-15,17H,3-4,9-11,16H2,1-2H3. The lowest BCUT2D eigenvalue weighted by Gasteiger charge is -2.22. The number of ether oxygens (including phenoxy) is 2. The van der Waals surface area contributed by atoms with E-state index in [-0.39, 0.29) is 5.92 Å². The zero-order chi connectivity index (χ0) is 14.1. The monoisotopic (exact) mass is 267 g/mol. The predicted octanol–water partition coefficient (Wildman–Crippen LogP) is 1.92. The first kappa shape index (κ1) is 16.0. The van der Waals surface area contributed by atoms with Crippen molar-refractivity contribution in [3.8, 4) is 5.75 Å². The van der Waals surface area contributed by atoms with Gasteiger partial charge in [0.25, 0.3) is 0 Å². The molecule has 0 fully saturated rings. The van der Waals surface area contributed by atoms with Crippen LogP contribution in [0.1, 0.15) is 31.7 Å². The number of aliphatic hydroxyl groups excluding tert-OH is 1. The minimum absolute atomic E-state index is 0.0591. The first-order valence-corrected chi connectivity index (χ1v) is 6.91. The summed E-state index contributed by atoms with van der Waals surface area (Å²) in [4.78, 5) is 0. The zero-order valence-corrected chi connectivity index (χ0v) is 11.8. The minimum Gasteiger partial charge on any atom is -0.494 e. The summed E-state index contributed by atoms with van der Waals surface area (Å²) in [6, 6.07) is 7.76. The van der Waals surface area contributed by atoms with E-state index in [0.29, 0.717) is 32.8 Å². The Morgan fingerprint density at radius 1 is 1.16 bits per heavy atom. The second-order valence-electron chi connectivity index (χ2n) is 4.40. The van der Waals surface area contributed by atoms with Gasteiger partial charge in [0.2, 0.25) is 0 Å². The van der Waals surface area contributed by atoms with Gasteiger partial charge in [-0.1, -0.05) is 12.1 Å². The highest BCUT2D eigenvalue weighted by molar-refractivity contribution is 5.30. The molecule has 4 nitrogen and oxygen atoms in total. The molecule has 3 N–H and O–H groups in total. The molecular weight excluding hydrogens is 242 g/mol. The average molecular weight is 267 g/mol. The van der Waals surface area contributed by atoms with E-state index >= 15 is 0 Å². The molecule has 0 heterocycles. The number of hydrogen-bond acceptors (Lipinski definition) is 4. The van der Waals surface area contributed by atoms with Crippen molar-refractivity contribution in [3.05, 3.63) is 29.8 Å². The van der Waals surface area contributed by atoms with Crippen molar-refractivity contribution in [1.29, 1.82) is 0 Å². The normalized spacial score (nSPS) is 14.1. The molecule has 19 heavy (non-hydrogen) atoms. The van der Waals surface area contributed by atoms with Gasteiger partial charge in [-0.2, -0.15) is 0 Å². The van der Waals surface area contributed by atoms with Gasteiger partial charge in [-0.15, -0.1) is 0 Å². The van der Waals surface area contributed by atoms with Gasteiger partial charge in [0, 0.05) is 25.7 Å². The Labute approximate surface area is 115 Å². The highest BCUT2D eigenvalue weighted by Crippen LogP contribution is 2.23. The van der Waals surface area contributed by atoms with E-state index in [4.69, 9.17) is 15.2 Å². The van der Waals surface area contributed by atoms with Crippen LogP contribution in [0.15, 0.2) is 24.3 Å². The molecule has 0 radical (unpaired) electrons. The first-order valence-electron chi connectivity index (χ1n) is 6.91. The molecule has 0 aliphatic rings. The number of aliphatic hydroxyl groups is 1. The Morgan fingerprint density at radius 3 is 2.37 bits per heavy atom. The Kier molecular flexibility index (Phi) is 7.48. The molecule has 0 amide bonds. The fraction of sp³-hybridized carbons (Fsp3) is 0.600. The summed E-state index contributed by atoms with van der Waals surface area (Å²) in [5.74, 6) is 0.780. The summed E-state index contributed by atoms with van der Waals surface area (Å²) in [5.41, 5.74) is 6.81. The molecule has 2 atom stereocenters. The SMILES string of the molecule is CCOCCC(O)C(CN)c1ccc(OCC)cc1. The van der Waals surface area contributed by atoms with Gasteiger partial charge in [0.15, 0.2) is 0 Å². The van der Waals surface area contributed by atoms with Crippen molar-refractivity contribution >= 4 is 0 Å². The molecule has 0 spiro atoms. The third-order valence-corrected chi connectivity index (χ3v) is 3.10. The van der Waals surface area contributed by atoms with Gasteiger partial charge >= 0.3 is 0 Å². The van der Waals surface area contributed by atoms with Crippen LogP contribution in [-0.4, -0.2) is 37.6 Å². The van der Waals surface area contributed by atoms with Crippen LogP contribution in [0.5, 0.6) is 5.75 Å². The van der Waals surface area contributed by atoms with E-state index in [0.717, 1.165) is 11.3 Å². The second-order valence-corrected chi connectivity index (χ2v) is 4.40. The van der Waals surface area contributed by atoms with Crippen molar-refractivity contribution < 1.29 is 14.6 Å². The van der Waals surface area contributed by atoms with Crippen LogP contribution < -0.4 is 10.5 Å². The average Bonchev–Trinajstić information content (AvgIpc) is 2.42. The third-order valence-electron chi connectivity index (χ3n) is 3.10. The lowest BCUT2D eigenvalue weighted by molar-refractivity contribution is 0.0752. The van der Waals surface area contributed by atoms with Crippen LogP contribution in [-0.2, 0) is 4.74 Å². The maximum absolute atomic E-state index is 10.2. The maximum atomic E-state index is 10.2. The van der Waals surface area contributed by atoms with Crippen LogP contribution in [0.25, 0.3) is 0 Å². The maximum Gasteiger partial charge on any atom is 0.119 e. The molecule has 0 saturated carbocycles. The molecule has 2 unspecified atom stereocenters. The fourth-order valence-electron chi connectivity index (χ4n) is 2.04. The molecule has 1 rings (SSSR count). The Balaban J connectivity index is 2.62. The molecule has 108 valence electrons. The van der Waals surface area contributed by atoms with Crippen LogP contribution in [0, 0.1) is 0 Å². The van der Waals surface area contributed by atoms with E-state index in [1.165, 1.54) is 0 Å². The van der Waals surface area contributed by atoms with Gasteiger partial charge in [-0.05, 0) is 38.0 Å². The lowest BCUT2D eigenvalue weighted by atomic mass is 9.92. The second kappa shape index (κ2) is 8.91. The quantitative estimate of drug-likeness (QED) is 0.671. The number of hydrogen-bond donors (Lipinski definition) is 2. The summed E-state index contributed by atoms with van der Waals surface area (Å²) in [6.45, 7) is 6.19. The van der Waals surface area contributed by atoms with Crippen molar-refractivity contribution in [3.63, 3.8) is 0 Å². The molecule has 0 saturated heterocycles. The van der Waals surface area contributed by atoms with E-state index < -0.39 is 6.10 Å². The van der Waals surface area contributed by atoms with Gasteiger partial charge < -0.3 is 20.3 Å². The minimum atomic E-state index is -0.477. The van der Waals surface area contributed by atoms with Gasteiger partial charge in [0.05, 0.1) is 12.7 Å². The molecule has 0 aromatic heterocycles. The molecule has 0 aliphatic heterocycles. The van der Waals surface area contributed by atoms with Crippen LogP contribution >= 0.6 is 0 Å². The molecule has 1 aromatic carbocycles. The van der Waals surface area contributed by atoms with Crippen molar-refractivity contribution in [2.24, 2.45) is 5.73 Å². The van der Waals surface area contributed by atoms with Gasteiger partial charge in [0.1, 0.15) is 5.75 Å². The molecule has 1 aromatic rings. The van der Waals surface area contributed by atoms with Crippen molar-refractivity contribution in [2.45, 2.75) is 32.3 Å². The number of rotatable bonds is 9. The van der Waals surface area contributed by atoms with E-state index in [1.54, 1.807) is 0 Å². The number of nitrogens with two attached hydrogens (primary N) is 1. The molecular formula is C15H25NO3. The fourth-order valence-corrected chi connectivity index (χ4v) is 2.04. The molecule has 0 bridgehead atoms. The molecule has 4 heteroatoms. The molecule has 0 aliphatic carbocycles. The van der Waals surface area contributed by atoms with Crippen LogP contribution in [0.3, 0.4) is 0 Å². The van der Waals surface area contributed by atoms with E-state index in [2.05, 4.69) is 0 Å². The highest BCUT2D eigenvalue weighted by atomic mass is 16.5. The highest BCUT2D eigenvalue weighted by Gasteiger charge is 2.19.